The van der Waals surface area contributed by atoms with Crippen LogP contribution in [0.3, 0.4) is 0 Å². The van der Waals surface area contributed by atoms with Gasteiger partial charge in [-0.2, -0.15) is 0 Å². The molecule has 2 nitrogen and oxygen atoms in total. The van der Waals surface area contributed by atoms with E-state index in [1.165, 1.54) is 6.08 Å². The van der Waals surface area contributed by atoms with Gasteiger partial charge in [0, 0.05) is 5.56 Å². The van der Waals surface area contributed by atoms with E-state index < -0.39 is 0 Å². The smallest absolute Gasteiger partial charge is 0.225 e. The molecule has 0 N–H and O–H groups in total. The quantitative estimate of drug-likeness (QED) is 0.524. The molecule has 0 unspecified atom stereocenters. The standard InChI is InChI=1S/C13H15O2/c1-2-3-11-15-13-9-5-4-7-12(13)8-6-10-14/h4-9H,2-3,11H2,1H3. The summed E-state index contributed by atoms with van der Waals surface area (Å²) in [4.78, 5) is 10.1. The number of hydrogen-bond donors (Lipinski definition) is 0. The second kappa shape index (κ2) is 6.82. The van der Waals surface area contributed by atoms with E-state index in [0.717, 1.165) is 24.2 Å². The summed E-state index contributed by atoms with van der Waals surface area (Å²) >= 11 is 0. The molecule has 0 atom stereocenters. The maximum atomic E-state index is 10.1. The fourth-order valence-corrected chi connectivity index (χ4v) is 1.20. The zero-order valence-corrected chi connectivity index (χ0v) is 8.90. The van der Waals surface area contributed by atoms with E-state index in [1.54, 1.807) is 12.4 Å². The van der Waals surface area contributed by atoms with Gasteiger partial charge in [0.25, 0.3) is 0 Å². The molecule has 0 fully saturated rings. The Kier molecular flexibility index (Phi) is 5.23. The molecule has 1 rings (SSSR count). The average Bonchev–Trinajstić information content (AvgIpc) is 2.28. The summed E-state index contributed by atoms with van der Waals surface area (Å²) in [5.74, 6) is 0.817. The van der Waals surface area contributed by atoms with Crippen LogP contribution in [0.25, 0.3) is 6.08 Å². The van der Waals surface area contributed by atoms with Gasteiger partial charge in [-0.1, -0.05) is 31.5 Å². The van der Waals surface area contributed by atoms with Crippen LogP contribution in [-0.4, -0.2) is 12.9 Å². The Morgan fingerprint density at radius 2 is 2.20 bits per heavy atom. The number of unbranched alkanes of at least 4 members (excludes halogenated alkanes) is 1. The molecular formula is C13H15O2. The highest BCUT2D eigenvalue weighted by Gasteiger charge is 1.98. The summed E-state index contributed by atoms with van der Waals surface area (Å²) in [6.07, 6.45) is 6.93. The number of allylic oxidation sites excluding steroid dienone is 1. The first kappa shape index (κ1) is 11.5. The van der Waals surface area contributed by atoms with Crippen molar-refractivity contribution in [2.24, 2.45) is 0 Å². The normalized spacial score (nSPS) is 10.5. The third-order valence-electron chi connectivity index (χ3n) is 2.01. The monoisotopic (exact) mass is 203 g/mol. The number of benzene rings is 1. The summed E-state index contributed by atoms with van der Waals surface area (Å²) in [5.41, 5.74) is 0.914. The Morgan fingerprint density at radius 1 is 1.40 bits per heavy atom. The second-order valence-electron chi connectivity index (χ2n) is 3.19. The molecule has 0 aromatic heterocycles. The lowest BCUT2D eigenvalue weighted by molar-refractivity contribution is 0.309. The molecule has 1 radical (unpaired) electrons. The number of para-hydroxylation sites is 1. The maximum Gasteiger partial charge on any atom is 0.225 e. The Hall–Kier alpha value is -1.57. The van der Waals surface area contributed by atoms with Gasteiger partial charge in [0.1, 0.15) is 5.75 Å². The molecule has 0 heterocycles. The number of rotatable bonds is 6. The van der Waals surface area contributed by atoms with Crippen molar-refractivity contribution >= 4 is 12.4 Å². The highest BCUT2D eigenvalue weighted by Crippen LogP contribution is 2.19. The van der Waals surface area contributed by atoms with Gasteiger partial charge in [-0.15, -0.1) is 0 Å². The second-order valence-corrected chi connectivity index (χ2v) is 3.19. The van der Waals surface area contributed by atoms with E-state index in [-0.39, 0.29) is 0 Å². The average molecular weight is 203 g/mol. The minimum Gasteiger partial charge on any atom is -0.493 e. The van der Waals surface area contributed by atoms with Gasteiger partial charge >= 0.3 is 0 Å². The van der Waals surface area contributed by atoms with Crippen molar-refractivity contribution in [3.05, 3.63) is 35.9 Å². The molecule has 0 bridgehead atoms. The van der Waals surface area contributed by atoms with Crippen LogP contribution in [0.2, 0.25) is 0 Å². The summed E-state index contributed by atoms with van der Waals surface area (Å²) < 4.78 is 5.59. The van der Waals surface area contributed by atoms with Gasteiger partial charge in [-0.25, -0.2) is 0 Å². The lowest BCUT2D eigenvalue weighted by Gasteiger charge is -2.07. The van der Waals surface area contributed by atoms with Crippen LogP contribution in [0.4, 0.5) is 0 Å². The van der Waals surface area contributed by atoms with Crippen molar-refractivity contribution in [2.45, 2.75) is 19.8 Å². The third-order valence-corrected chi connectivity index (χ3v) is 2.01. The van der Waals surface area contributed by atoms with Crippen LogP contribution in [0.5, 0.6) is 5.75 Å². The zero-order chi connectivity index (χ0) is 10.9. The highest BCUT2D eigenvalue weighted by molar-refractivity contribution is 5.75. The van der Waals surface area contributed by atoms with Gasteiger partial charge in [0.2, 0.25) is 6.29 Å². The van der Waals surface area contributed by atoms with E-state index in [1.807, 2.05) is 24.3 Å². The van der Waals surface area contributed by atoms with E-state index in [2.05, 4.69) is 6.92 Å². The van der Waals surface area contributed by atoms with Crippen molar-refractivity contribution in [1.29, 1.82) is 0 Å². The van der Waals surface area contributed by atoms with Crippen LogP contribution in [-0.2, 0) is 4.79 Å². The Balaban J connectivity index is 2.68. The van der Waals surface area contributed by atoms with Gasteiger partial charge in [-0.05, 0) is 24.6 Å². The fourth-order valence-electron chi connectivity index (χ4n) is 1.20. The molecule has 0 aliphatic carbocycles. The largest absolute Gasteiger partial charge is 0.493 e. The molecule has 79 valence electrons. The van der Waals surface area contributed by atoms with E-state index in [4.69, 9.17) is 4.74 Å². The summed E-state index contributed by atoms with van der Waals surface area (Å²) in [7, 11) is 0. The summed E-state index contributed by atoms with van der Waals surface area (Å²) in [6, 6.07) is 7.65. The van der Waals surface area contributed by atoms with Gasteiger partial charge in [0.15, 0.2) is 0 Å². The first-order valence-electron chi connectivity index (χ1n) is 5.14. The van der Waals surface area contributed by atoms with Gasteiger partial charge in [0.05, 0.1) is 6.61 Å². The van der Waals surface area contributed by atoms with Crippen molar-refractivity contribution in [1.82, 2.24) is 0 Å². The van der Waals surface area contributed by atoms with Gasteiger partial charge in [-0.3, -0.25) is 4.79 Å². The predicted molar refractivity (Wildman–Crippen MR) is 61.6 cm³/mol. The zero-order valence-electron chi connectivity index (χ0n) is 8.90. The van der Waals surface area contributed by atoms with Crippen molar-refractivity contribution in [3.63, 3.8) is 0 Å². The summed E-state index contributed by atoms with van der Waals surface area (Å²) in [5, 5.41) is 0. The van der Waals surface area contributed by atoms with E-state index in [9.17, 15) is 4.79 Å². The number of carbonyl (C=O) groups excluding carboxylic acids is 1. The SMILES string of the molecule is CCCCOc1ccccc1C=C[C]=O. The fraction of sp³-hybridized carbons (Fsp3) is 0.308. The van der Waals surface area contributed by atoms with Crippen LogP contribution >= 0.6 is 0 Å². The minimum atomic E-state index is 0.714. The van der Waals surface area contributed by atoms with Crippen LogP contribution in [0.15, 0.2) is 30.3 Å². The predicted octanol–water partition coefficient (Wildman–Crippen LogP) is 2.99. The minimum absolute atomic E-state index is 0.714. The molecule has 0 aliphatic heterocycles. The molecular weight excluding hydrogens is 188 g/mol. The van der Waals surface area contributed by atoms with Gasteiger partial charge < -0.3 is 4.74 Å². The third kappa shape index (κ3) is 3.98. The molecule has 1 aromatic carbocycles. The lowest BCUT2D eigenvalue weighted by Crippen LogP contribution is -1.97. The Morgan fingerprint density at radius 3 is 2.93 bits per heavy atom. The topological polar surface area (TPSA) is 26.3 Å². The Labute approximate surface area is 90.6 Å². The van der Waals surface area contributed by atoms with Crippen molar-refractivity contribution < 1.29 is 9.53 Å². The van der Waals surface area contributed by atoms with E-state index >= 15 is 0 Å². The number of ether oxygens (including phenoxy) is 1. The molecule has 0 spiro atoms. The molecule has 0 amide bonds. The van der Waals surface area contributed by atoms with Crippen molar-refractivity contribution in [3.8, 4) is 5.75 Å². The molecule has 0 aliphatic rings. The van der Waals surface area contributed by atoms with Crippen LogP contribution in [0, 0.1) is 0 Å². The first-order chi connectivity index (χ1) is 7.38. The van der Waals surface area contributed by atoms with E-state index in [0.29, 0.717) is 6.61 Å². The number of hydrogen-bond acceptors (Lipinski definition) is 2. The highest BCUT2D eigenvalue weighted by atomic mass is 16.5. The first-order valence-corrected chi connectivity index (χ1v) is 5.14. The lowest BCUT2D eigenvalue weighted by atomic mass is 10.2. The maximum absolute atomic E-state index is 10.1. The van der Waals surface area contributed by atoms with Crippen LogP contribution < -0.4 is 4.74 Å². The van der Waals surface area contributed by atoms with Crippen molar-refractivity contribution in [2.75, 3.05) is 6.61 Å². The summed E-state index contributed by atoms with van der Waals surface area (Å²) in [6.45, 7) is 2.84. The molecule has 1 aromatic rings. The van der Waals surface area contributed by atoms with Crippen LogP contribution in [0.1, 0.15) is 25.3 Å². The Bertz CT molecular complexity index is 329. The molecule has 15 heavy (non-hydrogen) atoms. The molecule has 2 heteroatoms. The molecule has 0 saturated heterocycles. The molecule has 0 saturated carbocycles.